The largest absolute Gasteiger partial charge is 0.484 e. The van der Waals surface area contributed by atoms with E-state index in [4.69, 9.17) is 4.74 Å². The van der Waals surface area contributed by atoms with Crippen molar-refractivity contribution in [2.24, 2.45) is 0 Å². The van der Waals surface area contributed by atoms with Crippen molar-refractivity contribution >= 4 is 27.5 Å². The maximum Gasteiger partial charge on any atom is 0.311 e. The van der Waals surface area contributed by atoms with Gasteiger partial charge in [-0.25, -0.2) is 12.8 Å². The lowest BCUT2D eigenvalue weighted by Crippen LogP contribution is -2.38. The van der Waals surface area contributed by atoms with Crippen molar-refractivity contribution in [2.75, 3.05) is 18.9 Å². The fourth-order valence-corrected chi connectivity index (χ4v) is 5.81. The topological polar surface area (TPSA) is 89.8 Å². The van der Waals surface area contributed by atoms with E-state index in [2.05, 4.69) is 0 Å². The van der Waals surface area contributed by atoms with Crippen molar-refractivity contribution < 1.29 is 22.5 Å². The number of thioether (sulfide) groups is 1. The number of nitrogens with zero attached hydrogens (tertiary/aromatic N) is 2. The molecule has 1 fully saturated rings. The van der Waals surface area contributed by atoms with Gasteiger partial charge in [-0.1, -0.05) is 6.07 Å². The maximum absolute atomic E-state index is 13.1. The third kappa shape index (κ3) is 4.23. The molecular formula is C17H17FN2O5S2. The molecule has 0 saturated carbocycles. The Hall–Kier alpha value is -2.17. The third-order valence-corrected chi connectivity index (χ3v) is 7.31. The molecular weight excluding hydrogens is 395 g/mol. The highest BCUT2D eigenvalue weighted by Gasteiger charge is 2.36. The van der Waals surface area contributed by atoms with Gasteiger partial charge in [0.1, 0.15) is 17.8 Å². The maximum atomic E-state index is 13.1. The first-order valence-corrected chi connectivity index (χ1v) is 10.5. The summed E-state index contributed by atoms with van der Waals surface area (Å²) in [4.78, 5) is 10.7. The van der Waals surface area contributed by atoms with E-state index in [0.29, 0.717) is 5.75 Å². The lowest BCUT2D eigenvalue weighted by atomic mass is 10.2. The summed E-state index contributed by atoms with van der Waals surface area (Å²) < 4.78 is 45.6. The Bertz CT molecular complexity index is 950. The summed E-state index contributed by atoms with van der Waals surface area (Å²) in [6.45, 7) is 1.99. The molecule has 1 heterocycles. The molecule has 0 aromatic heterocycles. The summed E-state index contributed by atoms with van der Waals surface area (Å²) in [5.74, 6) is 0.151. The summed E-state index contributed by atoms with van der Waals surface area (Å²) >= 11 is 1.39. The van der Waals surface area contributed by atoms with Crippen molar-refractivity contribution in [3.8, 4) is 5.75 Å². The van der Waals surface area contributed by atoms with Crippen LogP contribution in [0.5, 0.6) is 5.75 Å². The molecule has 1 aliphatic heterocycles. The Morgan fingerprint density at radius 3 is 2.67 bits per heavy atom. The molecule has 0 amide bonds. The first kappa shape index (κ1) is 19.6. The van der Waals surface area contributed by atoms with Gasteiger partial charge in [0.05, 0.1) is 9.82 Å². The first-order chi connectivity index (χ1) is 12.8. The van der Waals surface area contributed by atoms with Crippen LogP contribution < -0.4 is 4.74 Å². The first-order valence-electron chi connectivity index (χ1n) is 8.06. The van der Waals surface area contributed by atoms with Crippen LogP contribution >= 0.6 is 11.8 Å². The van der Waals surface area contributed by atoms with Gasteiger partial charge in [0.15, 0.2) is 5.75 Å². The predicted octanol–water partition coefficient (Wildman–Crippen LogP) is 3.18. The normalized spacial score (nSPS) is 17.8. The van der Waals surface area contributed by atoms with Crippen molar-refractivity contribution in [3.63, 3.8) is 0 Å². The molecule has 2 aromatic rings. The minimum atomic E-state index is -3.81. The Labute approximate surface area is 160 Å². The van der Waals surface area contributed by atoms with Crippen molar-refractivity contribution in [1.82, 2.24) is 4.31 Å². The standard InChI is InChI=1S/C17H17FN2O5S2/c1-12-2-7-16(15(10-12)20(21)22)25-11-17-19(8-9-26-17)27(23,24)14-5-3-13(18)4-6-14/h2-7,10,17H,8-9,11H2,1H3/t17-/m0/s1. The van der Waals surface area contributed by atoms with Crippen LogP contribution in [0.25, 0.3) is 0 Å². The van der Waals surface area contributed by atoms with Gasteiger partial charge in [0.25, 0.3) is 0 Å². The average molecular weight is 412 g/mol. The summed E-state index contributed by atoms with van der Waals surface area (Å²) in [5, 5.41) is 10.7. The van der Waals surface area contributed by atoms with Crippen molar-refractivity contribution in [2.45, 2.75) is 17.2 Å². The van der Waals surface area contributed by atoms with Crippen LogP contribution in [0, 0.1) is 22.9 Å². The molecule has 0 radical (unpaired) electrons. The van der Waals surface area contributed by atoms with Crippen LogP contribution in [-0.4, -0.2) is 41.9 Å². The van der Waals surface area contributed by atoms with Crippen LogP contribution in [0.4, 0.5) is 10.1 Å². The van der Waals surface area contributed by atoms with Crippen LogP contribution in [0.3, 0.4) is 0 Å². The quantitative estimate of drug-likeness (QED) is 0.535. The molecule has 0 aliphatic carbocycles. The fourth-order valence-electron chi connectivity index (χ4n) is 2.71. The molecule has 2 aromatic carbocycles. The summed E-state index contributed by atoms with van der Waals surface area (Å²) in [5.41, 5.74) is 0.566. The average Bonchev–Trinajstić information content (AvgIpc) is 3.10. The Morgan fingerprint density at radius 1 is 1.30 bits per heavy atom. The van der Waals surface area contributed by atoms with Gasteiger partial charge in [-0.3, -0.25) is 10.1 Å². The van der Waals surface area contributed by atoms with E-state index in [1.807, 2.05) is 0 Å². The van der Waals surface area contributed by atoms with E-state index in [9.17, 15) is 22.9 Å². The number of nitro benzene ring substituents is 1. The zero-order valence-electron chi connectivity index (χ0n) is 14.4. The Balaban J connectivity index is 1.78. The molecule has 1 saturated heterocycles. The number of sulfonamides is 1. The van der Waals surface area contributed by atoms with E-state index >= 15 is 0 Å². The molecule has 0 N–H and O–H groups in total. The number of nitro groups is 1. The minimum Gasteiger partial charge on any atom is -0.484 e. The molecule has 0 spiro atoms. The number of hydrogen-bond acceptors (Lipinski definition) is 6. The predicted molar refractivity (Wildman–Crippen MR) is 99.9 cm³/mol. The van der Waals surface area contributed by atoms with Crippen molar-refractivity contribution in [3.05, 3.63) is 64.0 Å². The second-order valence-electron chi connectivity index (χ2n) is 5.93. The molecule has 1 atom stereocenters. The number of benzene rings is 2. The molecule has 7 nitrogen and oxygen atoms in total. The van der Waals surface area contributed by atoms with Crippen LogP contribution in [-0.2, 0) is 10.0 Å². The van der Waals surface area contributed by atoms with Gasteiger partial charge >= 0.3 is 5.69 Å². The van der Waals surface area contributed by atoms with Gasteiger partial charge in [0.2, 0.25) is 10.0 Å². The summed E-state index contributed by atoms with van der Waals surface area (Å²) in [7, 11) is -3.81. The molecule has 3 rings (SSSR count). The number of rotatable bonds is 6. The van der Waals surface area contributed by atoms with Gasteiger partial charge in [-0.05, 0) is 42.8 Å². The molecule has 0 bridgehead atoms. The number of hydrogen-bond donors (Lipinski definition) is 0. The summed E-state index contributed by atoms with van der Waals surface area (Å²) in [6.07, 6.45) is 0. The third-order valence-electron chi connectivity index (χ3n) is 4.06. The van der Waals surface area contributed by atoms with E-state index < -0.39 is 26.1 Å². The Morgan fingerprint density at radius 2 is 2.00 bits per heavy atom. The fraction of sp³-hybridized carbons (Fsp3) is 0.294. The highest BCUT2D eigenvalue weighted by molar-refractivity contribution is 8.01. The van der Waals surface area contributed by atoms with Gasteiger partial charge in [0, 0.05) is 18.4 Å². The number of aryl methyl sites for hydroxylation is 1. The van der Waals surface area contributed by atoms with E-state index in [-0.39, 0.29) is 29.5 Å². The Kier molecular flexibility index (Phi) is 5.68. The minimum absolute atomic E-state index is 0.00211. The van der Waals surface area contributed by atoms with Crippen LogP contribution in [0.2, 0.25) is 0 Å². The van der Waals surface area contributed by atoms with E-state index in [0.717, 1.165) is 17.7 Å². The van der Waals surface area contributed by atoms with Gasteiger partial charge in [-0.2, -0.15) is 4.31 Å². The molecule has 10 heteroatoms. The van der Waals surface area contributed by atoms with E-state index in [1.165, 1.54) is 40.3 Å². The van der Waals surface area contributed by atoms with Crippen LogP contribution in [0.1, 0.15) is 5.56 Å². The lowest BCUT2D eigenvalue weighted by Gasteiger charge is -2.23. The molecule has 144 valence electrons. The highest BCUT2D eigenvalue weighted by atomic mass is 32.2. The zero-order chi connectivity index (χ0) is 19.6. The van der Waals surface area contributed by atoms with Crippen molar-refractivity contribution in [1.29, 1.82) is 0 Å². The lowest BCUT2D eigenvalue weighted by molar-refractivity contribution is -0.385. The second kappa shape index (κ2) is 7.83. The van der Waals surface area contributed by atoms with Gasteiger partial charge in [-0.15, -0.1) is 11.8 Å². The molecule has 27 heavy (non-hydrogen) atoms. The number of ether oxygens (including phenoxy) is 1. The second-order valence-corrected chi connectivity index (χ2v) is 9.11. The molecule has 1 aliphatic rings. The monoisotopic (exact) mass is 412 g/mol. The number of halogens is 1. The molecule has 0 unspecified atom stereocenters. The van der Waals surface area contributed by atoms with Crippen LogP contribution in [0.15, 0.2) is 47.4 Å². The zero-order valence-corrected chi connectivity index (χ0v) is 16.0. The highest BCUT2D eigenvalue weighted by Crippen LogP contribution is 2.33. The smallest absolute Gasteiger partial charge is 0.311 e. The summed E-state index contributed by atoms with van der Waals surface area (Å²) in [6, 6.07) is 9.23. The SMILES string of the molecule is Cc1ccc(OC[C@@H]2SCCN2S(=O)(=O)c2ccc(F)cc2)c([N+](=O)[O-])c1. The van der Waals surface area contributed by atoms with Gasteiger partial charge < -0.3 is 4.74 Å². The van der Waals surface area contributed by atoms with E-state index in [1.54, 1.807) is 13.0 Å².